The third-order valence-electron chi connectivity index (χ3n) is 3.84. The predicted molar refractivity (Wildman–Crippen MR) is 87.3 cm³/mol. The Bertz CT molecular complexity index is 940. The molecule has 0 atom stereocenters. The van der Waals surface area contributed by atoms with E-state index in [0.29, 0.717) is 0 Å². The third-order valence-corrected chi connectivity index (χ3v) is 3.84. The van der Waals surface area contributed by atoms with Crippen LogP contribution in [0.15, 0.2) is 48.9 Å². The molecule has 2 N–H and O–H groups in total. The third kappa shape index (κ3) is 2.52. The van der Waals surface area contributed by atoms with E-state index in [4.69, 9.17) is 0 Å². The second-order valence-electron chi connectivity index (χ2n) is 5.36. The SMILES string of the molecule is Cc1cc(NCc2cccc3cn[nH]c23)ccc1-n1cnnn1. The molecule has 0 bridgehead atoms. The quantitative estimate of drug-likeness (QED) is 0.605. The number of rotatable bonds is 4. The van der Waals surface area contributed by atoms with Crippen molar-refractivity contribution < 1.29 is 0 Å². The van der Waals surface area contributed by atoms with Gasteiger partial charge in [0.2, 0.25) is 0 Å². The fourth-order valence-electron chi connectivity index (χ4n) is 2.67. The first-order valence-electron chi connectivity index (χ1n) is 7.30. The van der Waals surface area contributed by atoms with Crippen LogP contribution >= 0.6 is 0 Å². The van der Waals surface area contributed by atoms with Gasteiger partial charge in [0.05, 0.1) is 17.4 Å². The van der Waals surface area contributed by atoms with E-state index in [1.165, 1.54) is 5.56 Å². The number of anilines is 1. The largest absolute Gasteiger partial charge is 0.381 e. The number of H-pyrrole nitrogens is 1. The zero-order valence-electron chi connectivity index (χ0n) is 12.6. The van der Waals surface area contributed by atoms with Gasteiger partial charge in [-0.1, -0.05) is 18.2 Å². The number of nitrogens with zero attached hydrogens (tertiary/aromatic N) is 5. The van der Waals surface area contributed by atoms with Gasteiger partial charge < -0.3 is 5.32 Å². The molecule has 0 aliphatic rings. The molecule has 2 aromatic carbocycles. The van der Waals surface area contributed by atoms with Crippen molar-refractivity contribution in [1.29, 1.82) is 0 Å². The minimum Gasteiger partial charge on any atom is -0.381 e. The molecule has 7 nitrogen and oxygen atoms in total. The first-order chi connectivity index (χ1) is 11.3. The van der Waals surface area contributed by atoms with Crippen molar-refractivity contribution in [1.82, 2.24) is 30.4 Å². The molecule has 0 saturated carbocycles. The number of benzene rings is 2. The van der Waals surface area contributed by atoms with Crippen LogP contribution in [-0.4, -0.2) is 30.4 Å². The monoisotopic (exact) mass is 305 g/mol. The highest BCUT2D eigenvalue weighted by Gasteiger charge is 2.05. The Morgan fingerprint density at radius 1 is 1.22 bits per heavy atom. The molecule has 0 unspecified atom stereocenters. The summed E-state index contributed by atoms with van der Waals surface area (Å²) in [5, 5.41) is 23.0. The van der Waals surface area contributed by atoms with E-state index < -0.39 is 0 Å². The summed E-state index contributed by atoms with van der Waals surface area (Å²) in [4.78, 5) is 0. The van der Waals surface area contributed by atoms with Crippen LogP contribution in [0.2, 0.25) is 0 Å². The van der Waals surface area contributed by atoms with Crippen molar-refractivity contribution in [3.8, 4) is 5.69 Å². The van der Waals surface area contributed by atoms with Crippen molar-refractivity contribution in [3.05, 3.63) is 60.0 Å². The predicted octanol–water partition coefficient (Wildman–Crippen LogP) is 2.46. The van der Waals surface area contributed by atoms with E-state index in [1.54, 1.807) is 11.0 Å². The van der Waals surface area contributed by atoms with E-state index in [2.05, 4.69) is 43.2 Å². The summed E-state index contributed by atoms with van der Waals surface area (Å²) >= 11 is 0. The van der Waals surface area contributed by atoms with Gasteiger partial charge in [-0.25, -0.2) is 4.68 Å². The van der Waals surface area contributed by atoms with Gasteiger partial charge in [0.15, 0.2) is 0 Å². The summed E-state index contributed by atoms with van der Waals surface area (Å²) in [6.45, 7) is 2.76. The van der Waals surface area contributed by atoms with Crippen molar-refractivity contribution in [3.63, 3.8) is 0 Å². The van der Waals surface area contributed by atoms with E-state index in [0.717, 1.165) is 34.4 Å². The maximum absolute atomic E-state index is 4.10. The maximum atomic E-state index is 4.10. The molecule has 0 aliphatic heterocycles. The summed E-state index contributed by atoms with van der Waals surface area (Å²) in [5.74, 6) is 0. The highest BCUT2D eigenvalue weighted by Crippen LogP contribution is 2.20. The van der Waals surface area contributed by atoms with Gasteiger partial charge >= 0.3 is 0 Å². The van der Waals surface area contributed by atoms with Crippen LogP contribution in [-0.2, 0) is 6.54 Å². The van der Waals surface area contributed by atoms with E-state index in [1.807, 2.05) is 37.4 Å². The highest BCUT2D eigenvalue weighted by atomic mass is 15.5. The summed E-state index contributed by atoms with van der Waals surface area (Å²) in [7, 11) is 0. The summed E-state index contributed by atoms with van der Waals surface area (Å²) in [5.41, 5.74) is 5.37. The van der Waals surface area contributed by atoms with Gasteiger partial charge in [0.25, 0.3) is 0 Å². The molecule has 0 fully saturated rings. The minimum absolute atomic E-state index is 0.725. The second-order valence-corrected chi connectivity index (χ2v) is 5.36. The van der Waals surface area contributed by atoms with Crippen LogP contribution in [0, 0.1) is 6.92 Å². The number of aromatic amines is 1. The molecule has 2 aromatic heterocycles. The first-order valence-corrected chi connectivity index (χ1v) is 7.30. The molecule has 2 heterocycles. The number of fused-ring (bicyclic) bond motifs is 1. The van der Waals surface area contributed by atoms with Crippen molar-refractivity contribution in [2.75, 3.05) is 5.32 Å². The van der Waals surface area contributed by atoms with Crippen molar-refractivity contribution >= 4 is 16.6 Å². The molecular formula is C16H15N7. The minimum atomic E-state index is 0.725. The normalized spacial score (nSPS) is 11.0. The Morgan fingerprint density at radius 3 is 3.00 bits per heavy atom. The van der Waals surface area contributed by atoms with E-state index in [-0.39, 0.29) is 0 Å². The number of para-hydroxylation sites is 1. The number of hydrogen-bond acceptors (Lipinski definition) is 5. The van der Waals surface area contributed by atoms with Crippen LogP contribution < -0.4 is 5.32 Å². The zero-order valence-corrected chi connectivity index (χ0v) is 12.6. The van der Waals surface area contributed by atoms with Gasteiger partial charge in [0, 0.05) is 17.6 Å². The molecule has 0 radical (unpaired) electrons. The molecule has 4 rings (SSSR count). The summed E-state index contributed by atoms with van der Waals surface area (Å²) in [6.07, 6.45) is 3.43. The Morgan fingerprint density at radius 2 is 2.17 bits per heavy atom. The second kappa shape index (κ2) is 5.53. The van der Waals surface area contributed by atoms with Crippen molar-refractivity contribution in [2.45, 2.75) is 13.5 Å². The molecule has 0 aliphatic carbocycles. The van der Waals surface area contributed by atoms with Crippen molar-refractivity contribution in [2.24, 2.45) is 0 Å². The van der Waals surface area contributed by atoms with Crippen LogP contribution in [0.3, 0.4) is 0 Å². The lowest BCUT2D eigenvalue weighted by Crippen LogP contribution is -2.03. The lowest BCUT2D eigenvalue weighted by atomic mass is 10.1. The smallest absolute Gasteiger partial charge is 0.143 e. The highest BCUT2D eigenvalue weighted by molar-refractivity contribution is 5.81. The molecule has 4 aromatic rings. The molecule has 7 heteroatoms. The number of tetrazole rings is 1. The van der Waals surface area contributed by atoms with Crippen LogP contribution in [0.25, 0.3) is 16.6 Å². The summed E-state index contributed by atoms with van der Waals surface area (Å²) in [6, 6.07) is 12.3. The lowest BCUT2D eigenvalue weighted by Gasteiger charge is -2.10. The molecule has 0 amide bonds. The maximum Gasteiger partial charge on any atom is 0.143 e. The molecule has 114 valence electrons. The Hall–Kier alpha value is -3.22. The van der Waals surface area contributed by atoms with Crippen LogP contribution in [0.5, 0.6) is 0 Å². The number of nitrogens with one attached hydrogen (secondary N) is 2. The van der Waals surface area contributed by atoms with Gasteiger partial charge in [0.1, 0.15) is 6.33 Å². The van der Waals surface area contributed by atoms with Gasteiger partial charge in [-0.05, 0) is 46.7 Å². The first kappa shape index (κ1) is 13.4. The van der Waals surface area contributed by atoms with Crippen LogP contribution in [0.4, 0.5) is 5.69 Å². The Balaban J connectivity index is 1.55. The average molecular weight is 305 g/mol. The van der Waals surface area contributed by atoms with E-state index >= 15 is 0 Å². The van der Waals surface area contributed by atoms with Crippen LogP contribution in [0.1, 0.15) is 11.1 Å². The van der Waals surface area contributed by atoms with Gasteiger partial charge in [-0.2, -0.15) is 5.10 Å². The number of hydrogen-bond donors (Lipinski definition) is 2. The van der Waals surface area contributed by atoms with E-state index in [9.17, 15) is 0 Å². The van der Waals surface area contributed by atoms with Gasteiger partial charge in [-0.15, -0.1) is 5.10 Å². The Labute approximate surface area is 132 Å². The fraction of sp³-hybridized carbons (Fsp3) is 0.125. The lowest BCUT2D eigenvalue weighted by molar-refractivity contribution is 0.785. The topological polar surface area (TPSA) is 84.3 Å². The molecule has 0 spiro atoms. The fourth-order valence-corrected chi connectivity index (χ4v) is 2.67. The summed E-state index contributed by atoms with van der Waals surface area (Å²) < 4.78 is 1.66. The Kier molecular flexibility index (Phi) is 3.23. The molecular weight excluding hydrogens is 290 g/mol. The number of aryl methyl sites for hydroxylation is 1. The number of aromatic nitrogens is 6. The molecule has 0 saturated heterocycles. The zero-order chi connectivity index (χ0) is 15.6. The standard InChI is InChI=1S/C16H15N7/c1-11-7-14(5-6-15(11)23-10-19-21-22-23)17-8-12-3-2-4-13-9-18-20-16(12)13/h2-7,9-10,17H,8H2,1H3,(H,18,20). The average Bonchev–Trinajstić information content (AvgIpc) is 3.24. The molecule has 23 heavy (non-hydrogen) atoms. The van der Waals surface area contributed by atoms with Gasteiger partial charge in [-0.3, -0.25) is 5.10 Å².